The van der Waals surface area contributed by atoms with Crippen LogP contribution in [0.3, 0.4) is 0 Å². The number of amides is 1. The van der Waals surface area contributed by atoms with Gasteiger partial charge in [0.15, 0.2) is 11.5 Å². The molecule has 0 aliphatic carbocycles. The molecule has 0 saturated heterocycles. The molecule has 29 heavy (non-hydrogen) atoms. The SMILES string of the molecule is COc1ccc(CN(C)C(=O)C=Cc2ccc(C(F)(F)F)cc2)c(OC)c1OC. The summed E-state index contributed by atoms with van der Waals surface area (Å²) in [6, 6.07) is 8.05. The van der Waals surface area contributed by atoms with Gasteiger partial charge in [-0.2, -0.15) is 13.2 Å². The molecule has 2 aromatic rings. The fourth-order valence-corrected chi connectivity index (χ4v) is 2.70. The number of carbonyl (C=O) groups excluding carboxylic acids is 1. The first-order chi connectivity index (χ1) is 13.7. The first-order valence-corrected chi connectivity index (χ1v) is 8.59. The van der Waals surface area contributed by atoms with E-state index in [2.05, 4.69) is 0 Å². The van der Waals surface area contributed by atoms with Gasteiger partial charge in [-0.3, -0.25) is 4.79 Å². The summed E-state index contributed by atoms with van der Waals surface area (Å²) in [4.78, 5) is 13.8. The Morgan fingerprint density at radius 3 is 2.10 bits per heavy atom. The fraction of sp³-hybridized carbons (Fsp3) is 0.286. The van der Waals surface area contributed by atoms with Gasteiger partial charge in [-0.05, 0) is 35.9 Å². The van der Waals surface area contributed by atoms with E-state index in [1.165, 1.54) is 50.5 Å². The lowest BCUT2D eigenvalue weighted by atomic mass is 10.1. The maximum Gasteiger partial charge on any atom is 0.416 e. The highest BCUT2D eigenvalue weighted by atomic mass is 19.4. The van der Waals surface area contributed by atoms with E-state index in [9.17, 15) is 18.0 Å². The van der Waals surface area contributed by atoms with E-state index in [0.29, 0.717) is 28.4 Å². The van der Waals surface area contributed by atoms with Crippen LogP contribution >= 0.6 is 0 Å². The summed E-state index contributed by atoms with van der Waals surface area (Å²) in [5.74, 6) is 1.07. The molecule has 0 radical (unpaired) electrons. The molecule has 1 amide bonds. The zero-order chi connectivity index (χ0) is 21.6. The molecule has 0 unspecified atom stereocenters. The number of carbonyl (C=O) groups is 1. The molecule has 0 aliphatic heterocycles. The summed E-state index contributed by atoms with van der Waals surface area (Å²) in [7, 11) is 6.10. The van der Waals surface area contributed by atoms with E-state index in [-0.39, 0.29) is 12.5 Å². The lowest BCUT2D eigenvalue weighted by molar-refractivity contribution is -0.137. The molecule has 0 atom stereocenters. The van der Waals surface area contributed by atoms with Crippen LogP contribution in [-0.4, -0.2) is 39.2 Å². The van der Waals surface area contributed by atoms with Gasteiger partial charge in [0.05, 0.1) is 26.9 Å². The molecule has 0 spiro atoms. The minimum Gasteiger partial charge on any atom is -0.493 e. The lowest BCUT2D eigenvalue weighted by Gasteiger charge is -2.20. The summed E-state index contributed by atoms with van der Waals surface area (Å²) in [5.41, 5.74) is 0.464. The molecule has 0 N–H and O–H groups in total. The molecule has 2 aromatic carbocycles. The summed E-state index contributed by atoms with van der Waals surface area (Å²) in [6.07, 6.45) is -1.63. The highest BCUT2D eigenvalue weighted by molar-refractivity contribution is 5.91. The van der Waals surface area contributed by atoms with Crippen LogP contribution in [0.25, 0.3) is 6.08 Å². The van der Waals surface area contributed by atoms with Crippen molar-refractivity contribution < 1.29 is 32.2 Å². The van der Waals surface area contributed by atoms with E-state index >= 15 is 0 Å². The number of hydrogen-bond donors (Lipinski definition) is 0. The Labute approximate surface area is 167 Å². The molecular weight excluding hydrogens is 387 g/mol. The smallest absolute Gasteiger partial charge is 0.416 e. The molecule has 8 heteroatoms. The van der Waals surface area contributed by atoms with Crippen molar-refractivity contribution in [3.05, 3.63) is 59.2 Å². The molecule has 2 rings (SSSR count). The van der Waals surface area contributed by atoms with E-state index in [0.717, 1.165) is 12.1 Å². The zero-order valence-corrected chi connectivity index (χ0v) is 16.5. The normalized spacial score (nSPS) is 11.4. The highest BCUT2D eigenvalue weighted by Crippen LogP contribution is 2.40. The molecule has 156 valence electrons. The van der Waals surface area contributed by atoms with Gasteiger partial charge in [-0.25, -0.2) is 0 Å². The predicted molar refractivity (Wildman–Crippen MR) is 103 cm³/mol. The number of hydrogen-bond acceptors (Lipinski definition) is 4. The van der Waals surface area contributed by atoms with Crippen molar-refractivity contribution in [2.75, 3.05) is 28.4 Å². The van der Waals surface area contributed by atoms with Gasteiger partial charge < -0.3 is 19.1 Å². The molecule has 0 aromatic heterocycles. The largest absolute Gasteiger partial charge is 0.493 e. The van der Waals surface area contributed by atoms with Crippen LogP contribution in [0.5, 0.6) is 17.2 Å². The number of alkyl halides is 3. The Morgan fingerprint density at radius 2 is 1.59 bits per heavy atom. The quantitative estimate of drug-likeness (QED) is 0.636. The summed E-state index contributed by atoms with van der Waals surface area (Å²) < 4.78 is 53.8. The van der Waals surface area contributed by atoms with E-state index in [1.807, 2.05) is 0 Å². The van der Waals surface area contributed by atoms with Crippen LogP contribution in [-0.2, 0) is 17.5 Å². The molecule has 0 heterocycles. The van der Waals surface area contributed by atoms with E-state index in [1.54, 1.807) is 19.2 Å². The highest BCUT2D eigenvalue weighted by Gasteiger charge is 2.29. The average Bonchev–Trinajstić information content (AvgIpc) is 2.70. The maximum absolute atomic E-state index is 12.6. The fourth-order valence-electron chi connectivity index (χ4n) is 2.70. The van der Waals surface area contributed by atoms with Crippen LogP contribution in [0.4, 0.5) is 13.2 Å². The number of ether oxygens (including phenoxy) is 3. The van der Waals surface area contributed by atoms with Crippen molar-refractivity contribution in [3.8, 4) is 17.2 Å². The Hall–Kier alpha value is -3.16. The number of methoxy groups -OCH3 is 3. The lowest BCUT2D eigenvalue weighted by Crippen LogP contribution is -2.24. The number of benzene rings is 2. The van der Waals surface area contributed by atoms with Crippen LogP contribution in [0.1, 0.15) is 16.7 Å². The van der Waals surface area contributed by atoms with E-state index < -0.39 is 11.7 Å². The van der Waals surface area contributed by atoms with Crippen molar-refractivity contribution >= 4 is 12.0 Å². The summed E-state index contributed by atoms with van der Waals surface area (Å²) in [6.45, 7) is 0.236. The van der Waals surface area contributed by atoms with Gasteiger partial charge in [0, 0.05) is 25.2 Å². The molecule has 0 saturated carbocycles. The van der Waals surface area contributed by atoms with Gasteiger partial charge >= 0.3 is 6.18 Å². The van der Waals surface area contributed by atoms with Gasteiger partial charge in [-0.15, -0.1) is 0 Å². The first-order valence-electron chi connectivity index (χ1n) is 8.59. The standard InChI is InChI=1S/C21H22F3NO4/c1-25(13-15-8-11-17(27-2)20(29-4)19(15)28-3)18(26)12-7-14-5-9-16(10-6-14)21(22,23)24/h5-12H,13H2,1-4H3. The third-order valence-electron chi connectivity index (χ3n) is 4.23. The van der Waals surface area contributed by atoms with Crippen molar-refractivity contribution in [1.82, 2.24) is 4.90 Å². The predicted octanol–water partition coefficient (Wildman–Crippen LogP) is 4.40. The molecule has 0 bridgehead atoms. The van der Waals surface area contributed by atoms with Crippen molar-refractivity contribution in [2.45, 2.75) is 12.7 Å². The number of likely N-dealkylation sites (N-methyl/N-ethyl adjacent to an activating group) is 1. The molecular formula is C21H22F3NO4. The third-order valence-corrected chi connectivity index (χ3v) is 4.23. The zero-order valence-electron chi connectivity index (χ0n) is 16.5. The summed E-state index contributed by atoms with van der Waals surface area (Å²) in [5, 5.41) is 0. The van der Waals surface area contributed by atoms with Gasteiger partial charge in [-0.1, -0.05) is 12.1 Å². The van der Waals surface area contributed by atoms with Crippen LogP contribution in [0, 0.1) is 0 Å². The van der Waals surface area contributed by atoms with Crippen LogP contribution in [0.15, 0.2) is 42.5 Å². The number of nitrogens with zero attached hydrogens (tertiary/aromatic N) is 1. The van der Waals surface area contributed by atoms with Crippen LogP contribution < -0.4 is 14.2 Å². The topological polar surface area (TPSA) is 48.0 Å². The maximum atomic E-state index is 12.6. The number of rotatable bonds is 7. The second kappa shape index (κ2) is 9.36. The van der Waals surface area contributed by atoms with Gasteiger partial charge in [0.2, 0.25) is 11.7 Å². The molecule has 0 aliphatic rings. The molecule has 0 fully saturated rings. The Kier molecular flexibility index (Phi) is 7.14. The van der Waals surface area contributed by atoms with Gasteiger partial charge in [0.25, 0.3) is 0 Å². The third kappa shape index (κ3) is 5.43. The average molecular weight is 409 g/mol. The first kappa shape index (κ1) is 22.1. The number of halogens is 3. The monoisotopic (exact) mass is 409 g/mol. The van der Waals surface area contributed by atoms with Crippen molar-refractivity contribution in [1.29, 1.82) is 0 Å². The molecule has 5 nitrogen and oxygen atoms in total. The Balaban J connectivity index is 2.12. The van der Waals surface area contributed by atoms with Crippen molar-refractivity contribution in [2.24, 2.45) is 0 Å². The van der Waals surface area contributed by atoms with Gasteiger partial charge in [0.1, 0.15) is 0 Å². The second-order valence-corrected chi connectivity index (χ2v) is 6.14. The van der Waals surface area contributed by atoms with E-state index in [4.69, 9.17) is 14.2 Å². The summed E-state index contributed by atoms with van der Waals surface area (Å²) >= 11 is 0. The van der Waals surface area contributed by atoms with Crippen LogP contribution in [0.2, 0.25) is 0 Å². The Bertz CT molecular complexity index is 877. The Morgan fingerprint density at radius 1 is 0.966 bits per heavy atom. The minimum absolute atomic E-state index is 0.236. The second-order valence-electron chi connectivity index (χ2n) is 6.14. The van der Waals surface area contributed by atoms with Crippen molar-refractivity contribution in [3.63, 3.8) is 0 Å². The minimum atomic E-state index is -4.39.